The lowest BCUT2D eigenvalue weighted by molar-refractivity contribution is -0.288. The van der Waals surface area contributed by atoms with E-state index in [9.17, 15) is 24.0 Å². The van der Waals surface area contributed by atoms with Crippen molar-refractivity contribution in [2.75, 3.05) is 13.7 Å². The Morgan fingerprint density at radius 3 is 1.88 bits per heavy atom. The standard InChI is InChI=1S/C28H29ClO12/c1-14(30)36-13-23-24(37-15(2)31)25(38-16(3)32)26(39-17(4)33)28(41-23)40-22-12-20(10-11-21(22)29)18-6-8-19(9-7-18)27(34)35-5/h6-12,23-26,28H,13H2,1-5H3/t23-,24-,25+,26+,28+/m1/s1. The van der Waals surface area contributed by atoms with Crippen LogP contribution in [0, 0.1) is 0 Å². The third-order valence-electron chi connectivity index (χ3n) is 5.76. The molecule has 5 atom stereocenters. The van der Waals surface area contributed by atoms with Crippen molar-refractivity contribution in [3.63, 3.8) is 0 Å². The smallest absolute Gasteiger partial charge is 0.337 e. The summed E-state index contributed by atoms with van der Waals surface area (Å²) in [5.41, 5.74) is 1.71. The molecule has 1 saturated heterocycles. The van der Waals surface area contributed by atoms with Crippen molar-refractivity contribution in [1.82, 2.24) is 0 Å². The van der Waals surface area contributed by atoms with Gasteiger partial charge in [0.15, 0.2) is 12.2 Å². The van der Waals surface area contributed by atoms with Crippen LogP contribution in [0.3, 0.4) is 0 Å². The summed E-state index contributed by atoms with van der Waals surface area (Å²) in [6.07, 6.45) is -6.78. The Kier molecular flexibility index (Phi) is 10.7. The first-order chi connectivity index (χ1) is 19.4. The minimum Gasteiger partial charge on any atom is -0.465 e. The summed E-state index contributed by atoms with van der Waals surface area (Å²) < 4.78 is 38.1. The van der Waals surface area contributed by atoms with Crippen LogP contribution in [0.2, 0.25) is 5.02 Å². The summed E-state index contributed by atoms with van der Waals surface area (Å²) in [4.78, 5) is 59.3. The SMILES string of the molecule is COC(=O)c1ccc(-c2ccc(Cl)c(O[C@H]3O[C@H](COC(C)=O)[C@@H](OC(C)=O)[C@H](OC(C)=O)[C@@H]3OC(C)=O)c2)cc1. The van der Waals surface area contributed by atoms with Crippen LogP contribution >= 0.6 is 11.6 Å². The fourth-order valence-corrected chi connectivity index (χ4v) is 4.26. The molecule has 0 N–H and O–H groups in total. The van der Waals surface area contributed by atoms with E-state index in [1.807, 2.05) is 0 Å². The maximum atomic E-state index is 12.1. The molecule has 0 unspecified atom stereocenters. The van der Waals surface area contributed by atoms with Crippen LogP contribution < -0.4 is 4.74 Å². The van der Waals surface area contributed by atoms with Crippen LogP contribution in [0.15, 0.2) is 42.5 Å². The number of carbonyl (C=O) groups excluding carboxylic acids is 5. The Bertz CT molecular complexity index is 1290. The third kappa shape index (κ3) is 8.41. The van der Waals surface area contributed by atoms with Crippen molar-refractivity contribution < 1.29 is 57.1 Å². The molecule has 13 heteroatoms. The molecule has 0 bridgehead atoms. The normalized spacial score (nSPS) is 21.7. The van der Waals surface area contributed by atoms with Crippen LogP contribution in [-0.4, -0.2) is 74.3 Å². The largest absolute Gasteiger partial charge is 0.465 e. The van der Waals surface area contributed by atoms with Crippen LogP contribution in [0.4, 0.5) is 0 Å². The van der Waals surface area contributed by atoms with E-state index in [2.05, 4.69) is 0 Å². The van der Waals surface area contributed by atoms with Crippen molar-refractivity contribution in [2.45, 2.75) is 58.4 Å². The fraction of sp³-hybridized carbons (Fsp3) is 0.393. The Balaban J connectivity index is 2.01. The highest BCUT2D eigenvalue weighted by Gasteiger charge is 2.53. The quantitative estimate of drug-likeness (QED) is 0.310. The number of esters is 5. The number of carbonyl (C=O) groups is 5. The number of halogens is 1. The van der Waals surface area contributed by atoms with Crippen molar-refractivity contribution in [3.05, 3.63) is 53.1 Å². The minimum absolute atomic E-state index is 0.0992. The number of hydrogen-bond acceptors (Lipinski definition) is 12. The number of ether oxygens (including phenoxy) is 7. The molecule has 1 heterocycles. The molecule has 0 radical (unpaired) electrons. The molecule has 2 aromatic carbocycles. The molecule has 12 nitrogen and oxygen atoms in total. The Labute approximate surface area is 240 Å². The lowest BCUT2D eigenvalue weighted by Gasteiger charge is -2.44. The van der Waals surface area contributed by atoms with Gasteiger partial charge in [0.05, 0.1) is 17.7 Å². The fourth-order valence-electron chi connectivity index (χ4n) is 4.10. The molecule has 0 aromatic heterocycles. The first-order valence-electron chi connectivity index (χ1n) is 12.3. The molecule has 41 heavy (non-hydrogen) atoms. The third-order valence-corrected chi connectivity index (χ3v) is 6.07. The van der Waals surface area contributed by atoms with E-state index in [0.717, 1.165) is 20.8 Å². The average Bonchev–Trinajstić information content (AvgIpc) is 2.91. The van der Waals surface area contributed by atoms with E-state index in [4.69, 9.17) is 44.8 Å². The molecule has 1 aliphatic rings. The lowest BCUT2D eigenvalue weighted by Crippen LogP contribution is -2.63. The summed E-state index contributed by atoms with van der Waals surface area (Å²) in [6.45, 7) is 4.14. The van der Waals surface area contributed by atoms with Gasteiger partial charge in [-0.3, -0.25) is 19.2 Å². The highest BCUT2D eigenvalue weighted by atomic mass is 35.5. The number of rotatable bonds is 9. The predicted octanol–water partition coefficient (Wildman–Crippen LogP) is 3.26. The maximum absolute atomic E-state index is 12.1. The summed E-state index contributed by atoms with van der Waals surface area (Å²) in [5.74, 6) is -3.32. The highest BCUT2D eigenvalue weighted by molar-refractivity contribution is 6.32. The van der Waals surface area contributed by atoms with Gasteiger partial charge >= 0.3 is 29.8 Å². The van der Waals surface area contributed by atoms with Gasteiger partial charge in [0.2, 0.25) is 12.4 Å². The van der Waals surface area contributed by atoms with E-state index < -0.39 is 67.2 Å². The van der Waals surface area contributed by atoms with Gasteiger partial charge in [-0.2, -0.15) is 0 Å². The maximum Gasteiger partial charge on any atom is 0.337 e. The first kappa shape index (κ1) is 31.4. The minimum atomic E-state index is -1.45. The van der Waals surface area contributed by atoms with E-state index in [0.29, 0.717) is 16.7 Å². The Hall–Kier alpha value is -4.16. The first-order valence-corrected chi connectivity index (χ1v) is 12.7. The van der Waals surface area contributed by atoms with Crippen molar-refractivity contribution >= 4 is 41.4 Å². The second kappa shape index (κ2) is 14.0. The topological polar surface area (TPSA) is 150 Å². The van der Waals surface area contributed by atoms with E-state index >= 15 is 0 Å². The van der Waals surface area contributed by atoms with Gasteiger partial charge in [-0.15, -0.1) is 0 Å². The van der Waals surface area contributed by atoms with Crippen LogP contribution in [0.1, 0.15) is 38.1 Å². The molecule has 0 spiro atoms. The molecule has 0 aliphatic carbocycles. The lowest BCUT2D eigenvalue weighted by atomic mass is 9.98. The summed E-state index contributed by atoms with van der Waals surface area (Å²) in [5, 5.41) is 0.160. The van der Waals surface area contributed by atoms with Crippen molar-refractivity contribution in [1.29, 1.82) is 0 Å². The summed E-state index contributed by atoms with van der Waals surface area (Å²) >= 11 is 6.43. The second-order valence-corrected chi connectivity index (χ2v) is 9.31. The monoisotopic (exact) mass is 592 g/mol. The van der Waals surface area contributed by atoms with Crippen molar-refractivity contribution in [3.8, 4) is 16.9 Å². The molecule has 1 aliphatic heterocycles. The molecular formula is C28H29ClO12. The summed E-state index contributed by atoms with van der Waals surface area (Å²) in [7, 11) is 1.28. The van der Waals surface area contributed by atoms with Gasteiger partial charge in [0.25, 0.3) is 0 Å². The molecule has 2 aromatic rings. The molecular weight excluding hydrogens is 564 g/mol. The zero-order chi connectivity index (χ0) is 30.3. The van der Waals surface area contributed by atoms with Crippen LogP contribution in [0.5, 0.6) is 5.75 Å². The van der Waals surface area contributed by atoms with Gasteiger partial charge in [-0.25, -0.2) is 4.79 Å². The van der Waals surface area contributed by atoms with E-state index in [1.54, 1.807) is 42.5 Å². The van der Waals surface area contributed by atoms with Crippen molar-refractivity contribution in [2.24, 2.45) is 0 Å². The molecule has 3 rings (SSSR count). The zero-order valence-electron chi connectivity index (χ0n) is 22.9. The van der Waals surface area contributed by atoms with Gasteiger partial charge in [-0.05, 0) is 35.4 Å². The van der Waals surface area contributed by atoms with Gasteiger partial charge in [-0.1, -0.05) is 29.8 Å². The van der Waals surface area contributed by atoms with Gasteiger partial charge in [0.1, 0.15) is 18.5 Å². The number of hydrogen-bond donors (Lipinski definition) is 0. The number of benzene rings is 2. The van der Waals surface area contributed by atoms with E-state index in [1.165, 1.54) is 14.0 Å². The van der Waals surface area contributed by atoms with Gasteiger partial charge in [0, 0.05) is 27.7 Å². The van der Waals surface area contributed by atoms with Crippen LogP contribution in [-0.2, 0) is 47.6 Å². The molecule has 1 fully saturated rings. The summed E-state index contributed by atoms with van der Waals surface area (Å²) in [6, 6.07) is 11.5. The highest BCUT2D eigenvalue weighted by Crippen LogP contribution is 2.35. The Morgan fingerprint density at radius 1 is 0.756 bits per heavy atom. The second-order valence-electron chi connectivity index (χ2n) is 8.90. The number of methoxy groups -OCH3 is 1. The Morgan fingerprint density at radius 2 is 1.32 bits per heavy atom. The average molecular weight is 593 g/mol. The van der Waals surface area contributed by atoms with E-state index in [-0.39, 0.29) is 10.8 Å². The zero-order valence-corrected chi connectivity index (χ0v) is 23.7. The molecule has 0 amide bonds. The molecule has 220 valence electrons. The predicted molar refractivity (Wildman–Crippen MR) is 141 cm³/mol. The van der Waals surface area contributed by atoms with Crippen LogP contribution in [0.25, 0.3) is 11.1 Å². The molecule has 0 saturated carbocycles. The van der Waals surface area contributed by atoms with Gasteiger partial charge < -0.3 is 33.2 Å².